The highest BCUT2D eigenvalue weighted by Gasteiger charge is 2.31. The average Bonchev–Trinajstić information content (AvgIpc) is 3.23. The number of nitrogens with one attached hydrogen (secondary N) is 4. The minimum absolute atomic E-state index is 0.0402. The van der Waals surface area contributed by atoms with Gasteiger partial charge in [0.05, 0.1) is 11.8 Å². The van der Waals surface area contributed by atoms with Gasteiger partial charge in [-0.15, -0.1) is 0 Å². The van der Waals surface area contributed by atoms with Crippen LogP contribution in [0.25, 0.3) is 0 Å². The zero-order chi connectivity index (χ0) is 23.3. The second-order valence-corrected chi connectivity index (χ2v) is 7.67. The van der Waals surface area contributed by atoms with Gasteiger partial charge in [0.15, 0.2) is 6.19 Å². The number of likely N-dealkylation sites (tertiary alicyclic amines) is 1. The van der Waals surface area contributed by atoms with Crippen LogP contribution in [0.5, 0.6) is 0 Å². The SMILES string of the molecule is C=C(/C=C\C(C)=C/C)C(=N)C(CNC(NC#N)NCCc1ccncc1)N1CCCC1=O. The maximum atomic E-state index is 12.4. The van der Waals surface area contributed by atoms with Crippen molar-refractivity contribution in [3.63, 3.8) is 0 Å². The van der Waals surface area contributed by atoms with E-state index in [-0.39, 0.29) is 5.91 Å². The van der Waals surface area contributed by atoms with Gasteiger partial charge in [0.25, 0.3) is 0 Å². The number of rotatable bonds is 13. The van der Waals surface area contributed by atoms with E-state index in [1.807, 2.05) is 50.4 Å². The molecule has 1 aliphatic rings. The summed E-state index contributed by atoms with van der Waals surface area (Å²) >= 11 is 0. The Morgan fingerprint density at radius 3 is 2.75 bits per heavy atom. The van der Waals surface area contributed by atoms with E-state index in [2.05, 4.69) is 27.5 Å². The summed E-state index contributed by atoms with van der Waals surface area (Å²) in [5, 5.41) is 27.0. The van der Waals surface area contributed by atoms with E-state index < -0.39 is 12.3 Å². The third-order valence-corrected chi connectivity index (χ3v) is 5.40. The molecule has 0 radical (unpaired) electrons. The summed E-state index contributed by atoms with van der Waals surface area (Å²) in [7, 11) is 0. The van der Waals surface area contributed by atoms with Gasteiger partial charge in [-0.2, -0.15) is 5.26 Å². The Balaban J connectivity index is 2.02. The fourth-order valence-electron chi connectivity index (χ4n) is 3.38. The van der Waals surface area contributed by atoms with Crippen molar-refractivity contribution < 1.29 is 4.79 Å². The van der Waals surface area contributed by atoms with E-state index in [0.29, 0.717) is 37.3 Å². The topological polar surface area (TPSA) is 117 Å². The van der Waals surface area contributed by atoms with Crippen molar-refractivity contribution in [1.29, 1.82) is 10.7 Å². The van der Waals surface area contributed by atoms with Crippen molar-refractivity contribution >= 4 is 11.6 Å². The number of hydrogen-bond donors (Lipinski definition) is 4. The number of nitrogens with zero attached hydrogens (tertiary/aromatic N) is 3. The lowest BCUT2D eigenvalue weighted by Gasteiger charge is -2.31. The van der Waals surface area contributed by atoms with Gasteiger partial charge >= 0.3 is 0 Å². The second kappa shape index (κ2) is 13.2. The fraction of sp³-hybridized carbons (Fsp3) is 0.417. The molecule has 0 spiro atoms. The molecule has 0 bridgehead atoms. The van der Waals surface area contributed by atoms with E-state index in [9.17, 15) is 4.79 Å². The van der Waals surface area contributed by atoms with Crippen molar-refractivity contribution in [2.45, 2.75) is 45.4 Å². The van der Waals surface area contributed by atoms with Crippen LogP contribution in [-0.4, -0.2) is 53.5 Å². The molecule has 0 aromatic carbocycles. The molecule has 2 heterocycles. The number of nitriles is 1. The van der Waals surface area contributed by atoms with Gasteiger partial charge in [-0.25, -0.2) is 0 Å². The predicted octanol–water partition coefficient (Wildman–Crippen LogP) is 2.25. The minimum atomic E-state index is -0.482. The molecule has 1 fully saturated rings. The molecule has 1 aromatic heterocycles. The van der Waals surface area contributed by atoms with Gasteiger partial charge in [0.1, 0.15) is 6.29 Å². The maximum Gasteiger partial charge on any atom is 0.223 e. The first-order valence-electron chi connectivity index (χ1n) is 10.8. The van der Waals surface area contributed by atoms with Crippen LogP contribution in [-0.2, 0) is 11.2 Å². The molecule has 1 amide bonds. The fourth-order valence-corrected chi connectivity index (χ4v) is 3.38. The molecule has 1 aliphatic heterocycles. The highest BCUT2D eigenvalue weighted by Crippen LogP contribution is 2.17. The lowest BCUT2D eigenvalue weighted by molar-refractivity contribution is -0.128. The predicted molar refractivity (Wildman–Crippen MR) is 127 cm³/mol. The second-order valence-electron chi connectivity index (χ2n) is 7.67. The van der Waals surface area contributed by atoms with Crippen molar-refractivity contribution in [3.8, 4) is 6.19 Å². The largest absolute Gasteiger partial charge is 0.333 e. The summed E-state index contributed by atoms with van der Waals surface area (Å²) in [5.74, 6) is 0.0402. The van der Waals surface area contributed by atoms with Crippen molar-refractivity contribution in [1.82, 2.24) is 25.8 Å². The number of aromatic nitrogens is 1. The van der Waals surface area contributed by atoms with Crippen LogP contribution >= 0.6 is 0 Å². The lowest BCUT2D eigenvalue weighted by atomic mass is 10.0. The third kappa shape index (κ3) is 7.76. The number of carbonyl (C=O) groups excluding carboxylic acids is 1. The third-order valence-electron chi connectivity index (χ3n) is 5.40. The molecule has 8 nitrogen and oxygen atoms in total. The molecule has 2 rings (SSSR count). The zero-order valence-corrected chi connectivity index (χ0v) is 18.9. The van der Waals surface area contributed by atoms with Gasteiger partial charge < -0.3 is 10.3 Å². The Kier molecular flexibility index (Phi) is 10.3. The van der Waals surface area contributed by atoms with Crippen molar-refractivity contribution in [3.05, 3.63) is 66.0 Å². The number of carbonyl (C=O) groups is 1. The molecule has 0 saturated carbocycles. The van der Waals surface area contributed by atoms with Crippen molar-refractivity contribution in [2.24, 2.45) is 0 Å². The summed E-state index contributed by atoms with van der Waals surface area (Å²) in [5.41, 5.74) is 3.07. The van der Waals surface area contributed by atoms with Gasteiger partial charge in [0, 0.05) is 38.4 Å². The summed E-state index contributed by atoms with van der Waals surface area (Å²) in [6.07, 6.45) is 12.7. The summed E-state index contributed by atoms with van der Waals surface area (Å²) in [6.45, 7) is 9.54. The Labute approximate surface area is 190 Å². The van der Waals surface area contributed by atoms with E-state index in [1.54, 1.807) is 17.3 Å². The monoisotopic (exact) mass is 435 g/mol. The number of pyridine rings is 1. The normalized spacial score (nSPS) is 16.1. The summed E-state index contributed by atoms with van der Waals surface area (Å²) in [4.78, 5) is 18.2. The highest BCUT2D eigenvalue weighted by atomic mass is 16.2. The summed E-state index contributed by atoms with van der Waals surface area (Å²) < 4.78 is 0. The molecule has 4 N–H and O–H groups in total. The zero-order valence-electron chi connectivity index (χ0n) is 18.9. The van der Waals surface area contributed by atoms with Gasteiger partial charge in [-0.3, -0.25) is 25.7 Å². The Hall–Kier alpha value is -3.28. The van der Waals surface area contributed by atoms with E-state index in [4.69, 9.17) is 10.7 Å². The molecule has 0 aliphatic carbocycles. The first-order chi connectivity index (χ1) is 15.5. The molecule has 2 atom stereocenters. The standard InChI is InChI=1S/C24H33N7O/c1-4-18(2)7-8-19(3)23(26)21(31-15-5-6-22(31)32)16-29-24(30-17-25)28-14-11-20-9-12-27-13-10-20/h4,7-10,12-13,21,24,26,28-30H,3,5-6,11,14-16H2,1-2H3/b8-7-,18-4-,26-23?. The molecule has 2 unspecified atom stereocenters. The van der Waals surface area contributed by atoms with Crippen LogP contribution in [0.3, 0.4) is 0 Å². The average molecular weight is 436 g/mol. The molecular formula is C24H33N7O. The first kappa shape index (κ1) is 25.0. The first-order valence-corrected chi connectivity index (χ1v) is 10.8. The van der Waals surface area contributed by atoms with Crippen LogP contribution in [0.15, 0.2) is 60.5 Å². The van der Waals surface area contributed by atoms with E-state index >= 15 is 0 Å². The van der Waals surface area contributed by atoms with Crippen LogP contribution in [0, 0.1) is 16.9 Å². The van der Waals surface area contributed by atoms with Crippen LogP contribution in [0.2, 0.25) is 0 Å². The lowest BCUT2D eigenvalue weighted by Crippen LogP contribution is -2.57. The number of amides is 1. The van der Waals surface area contributed by atoms with Gasteiger partial charge in [0.2, 0.25) is 5.91 Å². The molecule has 1 saturated heterocycles. The van der Waals surface area contributed by atoms with Crippen LogP contribution in [0.4, 0.5) is 0 Å². The summed E-state index contributed by atoms with van der Waals surface area (Å²) in [6, 6.07) is 3.44. The Morgan fingerprint density at radius 1 is 1.38 bits per heavy atom. The quantitative estimate of drug-likeness (QED) is 0.124. The molecule has 1 aromatic rings. The smallest absolute Gasteiger partial charge is 0.223 e. The maximum absolute atomic E-state index is 12.4. The van der Waals surface area contributed by atoms with Crippen LogP contribution < -0.4 is 16.0 Å². The molecule has 8 heteroatoms. The van der Waals surface area contributed by atoms with E-state index in [1.165, 1.54) is 0 Å². The Bertz CT molecular complexity index is 885. The number of allylic oxidation sites excluding steroid dienone is 4. The van der Waals surface area contributed by atoms with Crippen LogP contribution in [0.1, 0.15) is 32.3 Å². The molecule has 170 valence electrons. The molecular weight excluding hydrogens is 402 g/mol. The van der Waals surface area contributed by atoms with Crippen molar-refractivity contribution in [2.75, 3.05) is 19.6 Å². The number of hydrogen-bond acceptors (Lipinski definition) is 7. The molecule has 32 heavy (non-hydrogen) atoms. The van der Waals surface area contributed by atoms with E-state index in [0.717, 1.165) is 24.0 Å². The van der Waals surface area contributed by atoms with Gasteiger partial charge in [-0.1, -0.05) is 30.4 Å². The Morgan fingerprint density at radius 2 is 2.12 bits per heavy atom. The highest BCUT2D eigenvalue weighted by molar-refractivity contribution is 6.05. The van der Waals surface area contributed by atoms with Gasteiger partial charge in [-0.05, 0) is 50.0 Å². The minimum Gasteiger partial charge on any atom is -0.333 e.